The first-order valence-electron chi connectivity index (χ1n) is 46.3. The summed E-state index contributed by atoms with van der Waals surface area (Å²) in [4.78, 5) is 29.7. The summed E-state index contributed by atoms with van der Waals surface area (Å²) in [5, 5.41) is 36.6. The maximum atomic E-state index is 12.9. The molecule has 3 aliphatic rings. The first-order valence-corrected chi connectivity index (χ1v) is 46.6. The van der Waals surface area contributed by atoms with Gasteiger partial charge in [-0.05, 0) is 92.9 Å². The minimum absolute atomic E-state index is 0. The number of carbonyl (C=O) groups excluding carboxylic acids is 2. The molecule has 3 saturated heterocycles. The molecule has 0 spiro atoms. The van der Waals surface area contributed by atoms with Gasteiger partial charge in [-0.15, -0.1) is 0 Å². The third kappa shape index (κ3) is 49.8. The van der Waals surface area contributed by atoms with Gasteiger partial charge in [-0.2, -0.15) is 0 Å². The number of likely N-dealkylation sites (tertiary alicyclic amines) is 1. The number of aliphatic imine (C=N–C) groups is 1. The van der Waals surface area contributed by atoms with Gasteiger partial charge in [-0.25, -0.2) is 0 Å². The van der Waals surface area contributed by atoms with Gasteiger partial charge in [0.05, 0.1) is 70.4 Å². The Bertz CT molecular complexity index is 3940. The molecule has 3 unspecified atom stereocenters. The first kappa shape index (κ1) is 125. The minimum Gasteiger partial charge on any atom is -0.394 e. The van der Waals surface area contributed by atoms with Crippen molar-refractivity contribution in [1.29, 1.82) is 0 Å². The summed E-state index contributed by atoms with van der Waals surface area (Å²) < 4.78 is 38.1. The van der Waals surface area contributed by atoms with E-state index < -0.39 is 36.6 Å². The summed E-state index contributed by atoms with van der Waals surface area (Å²) in [6, 6.07) is 102. The number of halogens is 1. The predicted molar refractivity (Wildman–Crippen MR) is 534 cm³/mol. The largest absolute Gasteiger partial charge is 0.394 e. The molecule has 706 valence electrons. The Morgan fingerprint density at radius 1 is 0.394 bits per heavy atom. The van der Waals surface area contributed by atoms with Crippen molar-refractivity contribution in [2.75, 3.05) is 13.2 Å². The average Bonchev–Trinajstić information content (AvgIpc) is 0.751. The van der Waals surface area contributed by atoms with Crippen LogP contribution in [0.15, 0.2) is 308 Å². The zero-order chi connectivity index (χ0) is 93.6. The van der Waals surface area contributed by atoms with E-state index >= 15 is 0 Å². The zero-order valence-corrected chi connectivity index (χ0v) is 83.5. The van der Waals surface area contributed by atoms with E-state index in [1.54, 1.807) is 6.92 Å². The Hall–Kier alpha value is -8.44. The van der Waals surface area contributed by atoms with Gasteiger partial charge in [-0.3, -0.25) is 14.6 Å². The van der Waals surface area contributed by atoms with E-state index in [4.69, 9.17) is 45.1 Å². The molecule has 3 aliphatic heterocycles. The fourth-order valence-corrected chi connectivity index (χ4v) is 12.8. The molecule has 16 heteroatoms. The van der Waals surface area contributed by atoms with E-state index in [9.17, 15) is 24.9 Å². The second-order valence-electron chi connectivity index (χ2n) is 26.0. The van der Waals surface area contributed by atoms with E-state index in [-0.39, 0.29) is 82.0 Å². The van der Waals surface area contributed by atoms with Crippen molar-refractivity contribution in [2.45, 2.75) is 291 Å². The number of rotatable bonds is 27. The van der Waals surface area contributed by atoms with Gasteiger partial charge < -0.3 is 61.2 Å². The molecule has 0 saturated carbocycles. The van der Waals surface area contributed by atoms with E-state index in [1.165, 1.54) is 22.3 Å². The van der Waals surface area contributed by atoms with Crippen LogP contribution in [0.2, 0.25) is 0 Å². The normalized spacial score (nSPS) is 18.4. The Labute approximate surface area is 789 Å². The number of aryl methyl sites for hydroxylation is 1. The Morgan fingerprint density at radius 3 is 1.09 bits per heavy atom. The third-order valence-electron chi connectivity index (χ3n) is 18.3. The topological polar surface area (TPSA) is 186 Å². The molecule has 3 heterocycles. The summed E-state index contributed by atoms with van der Waals surface area (Å²) >= 11 is 5.19. The summed E-state index contributed by atoms with van der Waals surface area (Å²) in [6.07, 6.45) is -1.22. The number of ether oxygens (including phenoxy) is 6. The molecule has 13 rings (SSSR count). The number of amides is 1. The molecule has 0 aromatic heterocycles. The molecule has 14 nitrogen and oxygen atoms in total. The van der Waals surface area contributed by atoms with Crippen LogP contribution in [0.4, 0.5) is 0 Å². The summed E-state index contributed by atoms with van der Waals surface area (Å²) in [7, 11) is 0. The summed E-state index contributed by atoms with van der Waals surface area (Å²) in [6.45, 7) is 47.2. The van der Waals surface area contributed by atoms with Crippen molar-refractivity contribution >= 4 is 29.0 Å². The van der Waals surface area contributed by atoms with Crippen LogP contribution < -0.4 is 0 Å². The van der Waals surface area contributed by atoms with E-state index in [0.717, 1.165) is 59.2 Å². The molecule has 0 bridgehead atoms. The van der Waals surface area contributed by atoms with Crippen molar-refractivity contribution in [1.82, 2.24) is 4.90 Å². The fourth-order valence-electron chi connectivity index (χ4n) is 12.7. The van der Waals surface area contributed by atoms with Crippen LogP contribution in [-0.4, -0.2) is 117 Å². The summed E-state index contributed by atoms with van der Waals surface area (Å²) in [5.41, 5.74) is 11.6. The molecule has 1 amide bonds. The van der Waals surface area contributed by atoms with Crippen LogP contribution in [0, 0.1) is 13.3 Å². The Kier molecular flexibility index (Phi) is 83.0. The van der Waals surface area contributed by atoms with E-state index in [0.29, 0.717) is 52.4 Å². The molecule has 10 aromatic carbocycles. The smallest absolute Gasteiger partial charge is 0.229 e. The number of nitrogens with zero attached hydrogens (tertiary/aromatic N) is 2. The van der Waals surface area contributed by atoms with Gasteiger partial charge in [0.15, 0.2) is 0 Å². The Morgan fingerprint density at radius 2 is 0.709 bits per heavy atom. The van der Waals surface area contributed by atoms with E-state index in [1.807, 2.05) is 332 Å². The maximum absolute atomic E-state index is 12.9. The number of benzene rings is 10. The fraction of sp³-hybridized carbons (Fsp3) is 0.423. The molecular formula is C111H162ClN2O12Pd-. The molecule has 0 radical (unpaired) electrons. The maximum Gasteiger partial charge on any atom is 0.229 e. The minimum atomic E-state index is -1.24. The number of hydrogen-bond donors (Lipinski definition) is 4. The van der Waals surface area contributed by atoms with Gasteiger partial charge in [0.1, 0.15) is 48.8 Å². The Balaban J connectivity index is -0.000000756. The molecular weight excluding hydrogens is 1700 g/mol. The number of aliphatic hydroxyl groups excluding tert-OH is 4. The number of hydrogen-bond acceptors (Lipinski definition) is 13. The molecule has 127 heavy (non-hydrogen) atoms. The molecule has 0 aliphatic carbocycles. The van der Waals surface area contributed by atoms with Crippen molar-refractivity contribution in [3.8, 4) is 0 Å². The van der Waals surface area contributed by atoms with Crippen LogP contribution in [0.25, 0.3) is 0 Å². The number of aliphatic hydroxyl groups is 4. The van der Waals surface area contributed by atoms with Gasteiger partial charge in [0.2, 0.25) is 11.1 Å². The quantitative estimate of drug-likeness (QED) is 0.0126. The van der Waals surface area contributed by atoms with Crippen LogP contribution in [0.1, 0.15) is 233 Å². The van der Waals surface area contributed by atoms with Gasteiger partial charge in [-0.1, -0.05) is 456 Å². The molecule has 3 fully saturated rings. The SMILES string of the molecule is C(=NCc1ccccc1)c1ccccc1.CC.CC.CC.CC.CC.CC.CC.CC.CC.CC.CCC1O[C@H](COCc2ccccc2)[C@@H](OCc2ccccc2)[C@H](OCc2ccccc2)[C@H]1OCc1ccccc1.CC[C@@H]1O[C@H](CO)[C@@H](O)[C@H](O)[C@H]1O.O=C(Cl)CCc1ccccc1.O=C1C(Cc2ccccc2)C(c2ccccc2)N1Cc1ccccc1.[CH3-].[Pd]. The molecule has 12 atom stereocenters. The molecule has 4 N–H and O–H groups in total. The van der Waals surface area contributed by atoms with Crippen LogP contribution in [0.5, 0.6) is 0 Å². The average molecular weight is 1860 g/mol. The second-order valence-corrected chi connectivity index (χ2v) is 26.4. The van der Waals surface area contributed by atoms with Gasteiger partial charge >= 0.3 is 0 Å². The van der Waals surface area contributed by atoms with Crippen molar-refractivity contribution in [3.63, 3.8) is 0 Å². The van der Waals surface area contributed by atoms with Crippen molar-refractivity contribution in [3.05, 3.63) is 366 Å². The first-order chi connectivity index (χ1) is 61.5. The number of carbonyl (C=O) groups is 2. The van der Waals surface area contributed by atoms with Crippen molar-refractivity contribution in [2.24, 2.45) is 10.9 Å². The standard InChI is InChI=1S/C36H40O5.C23H21NO.C14H13N.C9H9ClO.C8H16O5.10C2H6.CH3.Pd/c1-2-32-34(38-24-29-17-9-4-10-18-29)36(40-26-31-21-13-6-14-22-31)35(39-25-30-19-11-5-12-20-30)33(41-32)27-37-23-28-15-7-3-8-16-28;25-23-21(16-18-10-4-1-5-11-18)22(20-14-8-3-9-15-20)24(23)17-19-12-6-2-7-13-19;1-3-7-13(8-4-1)11-15-12-14-9-5-2-6-10-14;10-9(11)7-6-8-4-2-1-3-5-8;1-2-4-6(10)8(12)7(11)5(3-9)13-4;10*1-2;;/h3-22,32-36H,2,23-27H2,1H3;1-15,21-22H,16-17H2;1-11H,12H2;1-5H,6-7H2;4-12H,2-3H2,1H3;10*1-2H3;1H3;/q;;;;;;;;;;;;;;;-1;/t32?,33-,34+,35-,36-;;;;4-,5+,6-,7+,8+;;;;;;;;;;;;/m1...0............/s1. The van der Waals surface area contributed by atoms with Crippen molar-refractivity contribution < 1.29 is 78.9 Å². The van der Waals surface area contributed by atoms with Gasteiger partial charge in [0, 0.05) is 39.6 Å². The van der Waals surface area contributed by atoms with Gasteiger partial charge in [0.25, 0.3) is 0 Å². The predicted octanol–water partition coefficient (Wildman–Crippen LogP) is 26.4. The third-order valence-corrected chi connectivity index (χ3v) is 18.5. The van der Waals surface area contributed by atoms with Crippen LogP contribution in [0.3, 0.4) is 0 Å². The van der Waals surface area contributed by atoms with Crippen LogP contribution in [-0.2, 0) is 111 Å². The number of β-lactam (4-membered cyclic amide) rings is 1. The van der Waals surface area contributed by atoms with Crippen LogP contribution >= 0.6 is 11.6 Å². The summed E-state index contributed by atoms with van der Waals surface area (Å²) in [5.74, 6) is 0.273. The monoisotopic (exact) mass is 1860 g/mol. The van der Waals surface area contributed by atoms with E-state index in [2.05, 4.69) is 133 Å². The molecule has 10 aromatic rings. The second kappa shape index (κ2) is 84.4. The zero-order valence-electron chi connectivity index (χ0n) is 81.2.